The zero-order valence-electron chi connectivity index (χ0n) is 8.60. The second-order valence-electron chi connectivity index (χ2n) is 4.09. The van der Waals surface area contributed by atoms with E-state index in [0.29, 0.717) is 18.2 Å². The maximum absolute atomic E-state index is 12.1. The monoisotopic (exact) mass is 238 g/mol. The average molecular weight is 239 g/mol. The van der Waals surface area contributed by atoms with E-state index in [1.807, 2.05) is 0 Å². The highest BCUT2D eigenvalue weighted by Crippen LogP contribution is 2.31. The molecule has 0 N–H and O–H groups in total. The average Bonchev–Trinajstić information content (AvgIpc) is 3.06. The zero-order valence-corrected chi connectivity index (χ0v) is 9.35. The Bertz CT molecular complexity index is 438. The molecule has 16 heavy (non-hydrogen) atoms. The summed E-state index contributed by atoms with van der Waals surface area (Å²) < 4.78 is 5.38. The van der Waals surface area contributed by atoms with Crippen LogP contribution < -0.4 is 0 Å². The third-order valence-corrected chi connectivity index (χ3v) is 3.35. The standard InChI is InChI=1S/C11H11ClN2O2/c12-10-7(2-1-4-13-10)11(15)14-5-3-8-9(6-14)16-8/h1-2,4,8-9H,3,5-6H2/t8-,9+/m1/s1. The van der Waals surface area contributed by atoms with Gasteiger partial charge in [0.25, 0.3) is 5.91 Å². The number of hydrogen-bond acceptors (Lipinski definition) is 3. The molecule has 2 saturated heterocycles. The molecule has 3 rings (SSSR count). The lowest BCUT2D eigenvalue weighted by atomic mass is 10.1. The molecule has 1 aromatic heterocycles. The molecule has 0 unspecified atom stereocenters. The van der Waals surface area contributed by atoms with E-state index in [0.717, 1.165) is 13.0 Å². The van der Waals surface area contributed by atoms with E-state index in [2.05, 4.69) is 4.98 Å². The summed E-state index contributed by atoms with van der Waals surface area (Å²) in [5.41, 5.74) is 0.475. The summed E-state index contributed by atoms with van der Waals surface area (Å²) in [6.07, 6.45) is 3.13. The van der Waals surface area contributed by atoms with Gasteiger partial charge in [-0.3, -0.25) is 4.79 Å². The number of fused-ring (bicyclic) bond motifs is 1. The molecule has 1 aromatic rings. The first kappa shape index (κ1) is 10.1. The molecule has 2 aliphatic heterocycles. The first-order valence-electron chi connectivity index (χ1n) is 5.31. The van der Waals surface area contributed by atoms with Gasteiger partial charge in [0, 0.05) is 19.3 Å². The van der Waals surface area contributed by atoms with E-state index in [9.17, 15) is 4.79 Å². The number of carbonyl (C=O) groups is 1. The van der Waals surface area contributed by atoms with Crippen LogP contribution >= 0.6 is 11.6 Å². The van der Waals surface area contributed by atoms with Crippen LogP contribution in [0.4, 0.5) is 0 Å². The molecule has 3 heterocycles. The van der Waals surface area contributed by atoms with Gasteiger partial charge in [0.15, 0.2) is 0 Å². The Hall–Kier alpha value is -1.13. The summed E-state index contributed by atoms with van der Waals surface area (Å²) in [7, 11) is 0. The van der Waals surface area contributed by atoms with Crippen LogP contribution in [0.3, 0.4) is 0 Å². The predicted molar refractivity (Wildman–Crippen MR) is 58.4 cm³/mol. The molecular formula is C11H11ClN2O2. The Labute approximate surface area is 98.2 Å². The Morgan fingerprint density at radius 3 is 3.19 bits per heavy atom. The van der Waals surface area contributed by atoms with Gasteiger partial charge in [0.2, 0.25) is 0 Å². The van der Waals surface area contributed by atoms with Crippen molar-refractivity contribution in [1.82, 2.24) is 9.88 Å². The lowest BCUT2D eigenvalue weighted by molar-refractivity contribution is 0.0736. The summed E-state index contributed by atoms with van der Waals surface area (Å²) in [6.45, 7) is 1.42. The van der Waals surface area contributed by atoms with Crippen molar-refractivity contribution in [2.45, 2.75) is 18.6 Å². The Kier molecular flexibility index (Phi) is 2.33. The first-order valence-corrected chi connectivity index (χ1v) is 5.69. The quantitative estimate of drug-likeness (QED) is 0.548. The molecule has 4 nitrogen and oxygen atoms in total. The van der Waals surface area contributed by atoms with Gasteiger partial charge < -0.3 is 9.64 Å². The lowest BCUT2D eigenvalue weighted by Crippen LogP contribution is -2.39. The van der Waals surface area contributed by atoms with Crippen molar-refractivity contribution >= 4 is 17.5 Å². The number of halogens is 1. The summed E-state index contributed by atoms with van der Waals surface area (Å²) in [5.74, 6) is -0.0490. The highest BCUT2D eigenvalue weighted by molar-refractivity contribution is 6.32. The largest absolute Gasteiger partial charge is 0.368 e. The van der Waals surface area contributed by atoms with Gasteiger partial charge in [0.1, 0.15) is 11.3 Å². The van der Waals surface area contributed by atoms with Gasteiger partial charge in [-0.1, -0.05) is 11.6 Å². The minimum absolute atomic E-state index is 0.0490. The molecule has 5 heteroatoms. The fraction of sp³-hybridized carbons (Fsp3) is 0.455. The van der Waals surface area contributed by atoms with Crippen molar-refractivity contribution in [2.75, 3.05) is 13.1 Å². The number of aromatic nitrogens is 1. The summed E-state index contributed by atoms with van der Waals surface area (Å²) in [6, 6.07) is 3.43. The molecule has 0 aliphatic carbocycles. The van der Waals surface area contributed by atoms with Crippen LogP contribution in [-0.2, 0) is 4.74 Å². The van der Waals surface area contributed by atoms with Crippen molar-refractivity contribution < 1.29 is 9.53 Å². The van der Waals surface area contributed by atoms with Crippen LogP contribution in [0.1, 0.15) is 16.8 Å². The number of ether oxygens (including phenoxy) is 1. The number of rotatable bonds is 1. The Balaban J connectivity index is 1.79. The van der Waals surface area contributed by atoms with Crippen LogP contribution in [0.5, 0.6) is 0 Å². The number of hydrogen-bond donors (Lipinski definition) is 0. The zero-order chi connectivity index (χ0) is 11.1. The number of epoxide rings is 1. The van der Waals surface area contributed by atoms with E-state index in [4.69, 9.17) is 16.3 Å². The van der Waals surface area contributed by atoms with E-state index in [1.54, 1.807) is 23.2 Å². The number of pyridine rings is 1. The number of nitrogens with zero attached hydrogens (tertiary/aromatic N) is 2. The molecule has 2 atom stereocenters. The highest BCUT2D eigenvalue weighted by Gasteiger charge is 2.44. The van der Waals surface area contributed by atoms with Crippen LogP contribution in [0, 0.1) is 0 Å². The summed E-state index contributed by atoms with van der Waals surface area (Å²) in [5, 5.41) is 0.270. The molecule has 0 saturated carbocycles. The molecular weight excluding hydrogens is 228 g/mol. The van der Waals surface area contributed by atoms with E-state index in [1.165, 1.54) is 0 Å². The van der Waals surface area contributed by atoms with E-state index in [-0.39, 0.29) is 17.2 Å². The number of amides is 1. The van der Waals surface area contributed by atoms with Crippen molar-refractivity contribution in [3.05, 3.63) is 29.0 Å². The van der Waals surface area contributed by atoms with Crippen LogP contribution in [0.25, 0.3) is 0 Å². The number of carbonyl (C=O) groups excluding carboxylic acids is 1. The van der Waals surface area contributed by atoms with Crippen molar-refractivity contribution in [2.24, 2.45) is 0 Å². The molecule has 84 valence electrons. The Morgan fingerprint density at radius 2 is 2.44 bits per heavy atom. The maximum Gasteiger partial charge on any atom is 0.257 e. The molecule has 2 aliphatic rings. The van der Waals surface area contributed by atoms with Crippen LogP contribution in [0.15, 0.2) is 18.3 Å². The van der Waals surface area contributed by atoms with Crippen molar-refractivity contribution in [3.63, 3.8) is 0 Å². The molecule has 2 fully saturated rings. The van der Waals surface area contributed by atoms with E-state index >= 15 is 0 Å². The van der Waals surface area contributed by atoms with Gasteiger partial charge in [0.05, 0.1) is 11.7 Å². The maximum atomic E-state index is 12.1. The fourth-order valence-corrected chi connectivity index (χ4v) is 2.29. The van der Waals surface area contributed by atoms with Crippen molar-refractivity contribution in [3.8, 4) is 0 Å². The number of piperidine rings is 1. The normalized spacial score (nSPS) is 27.4. The second kappa shape index (κ2) is 3.71. The highest BCUT2D eigenvalue weighted by atomic mass is 35.5. The van der Waals surface area contributed by atoms with Crippen LogP contribution in [0.2, 0.25) is 5.15 Å². The summed E-state index contributed by atoms with van der Waals surface area (Å²) in [4.78, 5) is 17.8. The van der Waals surface area contributed by atoms with Gasteiger partial charge in [-0.15, -0.1) is 0 Å². The number of likely N-dealkylation sites (tertiary alicyclic amines) is 1. The molecule has 0 aromatic carbocycles. The SMILES string of the molecule is O=C(c1cccnc1Cl)N1CC[C@H]2O[C@H]2C1. The van der Waals surface area contributed by atoms with Gasteiger partial charge in [-0.25, -0.2) is 4.98 Å². The molecule has 0 spiro atoms. The van der Waals surface area contributed by atoms with Crippen molar-refractivity contribution in [1.29, 1.82) is 0 Å². The van der Waals surface area contributed by atoms with Gasteiger partial charge >= 0.3 is 0 Å². The second-order valence-corrected chi connectivity index (χ2v) is 4.45. The smallest absolute Gasteiger partial charge is 0.257 e. The van der Waals surface area contributed by atoms with E-state index < -0.39 is 0 Å². The first-order chi connectivity index (χ1) is 7.75. The topological polar surface area (TPSA) is 45.7 Å². The van der Waals surface area contributed by atoms with Gasteiger partial charge in [-0.05, 0) is 18.6 Å². The molecule has 0 radical (unpaired) electrons. The molecule has 1 amide bonds. The van der Waals surface area contributed by atoms with Crippen LogP contribution in [-0.4, -0.2) is 41.1 Å². The molecule has 0 bridgehead atoms. The lowest BCUT2D eigenvalue weighted by Gasteiger charge is -2.24. The minimum atomic E-state index is -0.0490. The Morgan fingerprint density at radius 1 is 1.56 bits per heavy atom. The third-order valence-electron chi connectivity index (χ3n) is 3.05. The predicted octanol–water partition coefficient (Wildman–Crippen LogP) is 1.35. The third kappa shape index (κ3) is 1.68. The minimum Gasteiger partial charge on any atom is -0.368 e. The van der Waals surface area contributed by atoms with Gasteiger partial charge in [-0.2, -0.15) is 0 Å². The fourth-order valence-electron chi connectivity index (χ4n) is 2.09. The summed E-state index contributed by atoms with van der Waals surface area (Å²) >= 11 is 5.90.